The minimum atomic E-state index is -1.01. The molecule has 0 aliphatic rings. The summed E-state index contributed by atoms with van der Waals surface area (Å²) in [5, 5.41) is 11.9. The second-order valence-electron chi connectivity index (χ2n) is 14.7. The number of unbranched alkanes of at least 4 members (excludes halogenated alkanes) is 17. The number of nitrogens with one attached hydrogen (secondary N) is 1. The van der Waals surface area contributed by atoms with Crippen LogP contribution in [-0.2, 0) is 19.1 Å². The average Bonchev–Trinajstić information content (AvgIpc) is 3.14. The van der Waals surface area contributed by atoms with Crippen LogP contribution in [0, 0.1) is 0 Å². The molecule has 0 aromatic heterocycles. The predicted molar refractivity (Wildman–Crippen MR) is 225 cm³/mol. The molecule has 0 saturated heterocycles. The van der Waals surface area contributed by atoms with E-state index in [0.29, 0.717) is 32.2 Å². The molecule has 1 amide bonds. The molecule has 0 aliphatic carbocycles. The van der Waals surface area contributed by atoms with Gasteiger partial charge in [0.2, 0.25) is 5.91 Å². The fraction of sp³-hybridized carbons (Fsp3) is 0.761. The van der Waals surface area contributed by atoms with Crippen molar-refractivity contribution in [3.05, 3.63) is 48.6 Å². The van der Waals surface area contributed by atoms with Gasteiger partial charge in [-0.05, 0) is 96.4 Å². The highest BCUT2D eigenvalue weighted by molar-refractivity contribution is 5.83. The van der Waals surface area contributed by atoms with Crippen LogP contribution in [0.5, 0.6) is 0 Å². The molecule has 0 heterocycles. The zero-order chi connectivity index (χ0) is 38.9. The second kappa shape index (κ2) is 40.5. The molecule has 2 unspecified atom stereocenters. The maximum absolute atomic E-state index is 12.8. The third kappa shape index (κ3) is 37.4. The largest absolute Gasteiger partial charge is 0.480 e. The number of carboxylic acid groups (broad SMARTS) is 1. The summed E-state index contributed by atoms with van der Waals surface area (Å²) < 4.78 is 6.03. The summed E-state index contributed by atoms with van der Waals surface area (Å²) in [5.74, 6) is -1.25. The van der Waals surface area contributed by atoms with E-state index >= 15 is 0 Å². The topological polar surface area (TPSA) is 119 Å². The first kappa shape index (κ1) is 50.3. The van der Waals surface area contributed by atoms with Gasteiger partial charge in [-0.1, -0.05) is 152 Å². The monoisotopic (exact) mass is 743 g/mol. The number of aliphatic carboxylic acids is 1. The first-order valence-electron chi connectivity index (χ1n) is 22.0. The Kier molecular flexibility index (Phi) is 38.5. The van der Waals surface area contributed by atoms with E-state index in [1.807, 2.05) is 0 Å². The molecule has 306 valence electrons. The van der Waals surface area contributed by atoms with Gasteiger partial charge in [0.1, 0.15) is 12.1 Å². The minimum absolute atomic E-state index is 0.00181. The summed E-state index contributed by atoms with van der Waals surface area (Å²) in [6, 6.07) is -0.858. The van der Waals surface area contributed by atoms with Gasteiger partial charge < -0.3 is 20.9 Å². The number of carbonyl (C=O) groups is 3. The van der Waals surface area contributed by atoms with Crippen molar-refractivity contribution in [1.29, 1.82) is 0 Å². The number of hydrogen-bond acceptors (Lipinski definition) is 5. The molecule has 0 radical (unpaired) electrons. The number of nitrogens with two attached hydrogens (primary N) is 1. The number of allylic oxidation sites excluding steroid dienone is 8. The maximum atomic E-state index is 12.8. The van der Waals surface area contributed by atoms with Gasteiger partial charge in [0.05, 0.1) is 0 Å². The Morgan fingerprint density at radius 2 is 1.04 bits per heavy atom. The SMILES string of the molecule is CC/C=C\C/C=C\C/C=C\C/C=C\CCCCCCC(=O)OC(CCCCCCCCCCCC)CCCCCCCC(=O)NC(CCCN)C(=O)O. The molecule has 0 saturated carbocycles. The lowest BCUT2D eigenvalue weighted by Crippen LogP contribution is -2.40. The normalized spacial score (nSPS) is 13.1. The Bertz CT molecular complexity index is 973. The highest BCUT2D eigenvalue weighted by Gasteiger charge is 2.19. The standard InChI is InChI=1S/C46H82N2O5/c1-3-5-7-9-11-13-15-16-17-18-19-20-21-23-25-30-34-40-45(50)53-42(36-31-27-24-22-14-12-10-8-6-4-2)37-32-28-26-29-33-39-44(49)48-43(46(51)52)38-35-41-47/h5,7,11,13,16-17,19-20,42-43H,3-4,6,8-10,12,14-15,18,21-41,47H2,1-2H3,(H,48,49)(H,51,52)/b7-5-,13-11-,17-16-,20-19-. The fourth-order valence-electron chi connectivity index (χ4n) is 6.38. The van der Waals surface area contributed by atoms with E-state index in [-0.39, 0.29) is 18.0 Å². The van der Waals surface area contributed by atoms with E-state index in [0.717, 1.165) is 109 Å². The molecular weight excluding hydrogens is 661 g/mol. The van der Waals surface area contributed by atoms with Crippen LogP contribution >= 0.6 is 0 Å². The smallest absolute Gasteiger partial charge is 0.326 e. The number of ether oxygens (including phenoxy) is 1. The molecule has 0 spiro atoms. The first-order valence-corrected chi connectivity index (χ1v) is 22.0. The minimum Gasteiger partial charge on any atom is -0.480 e. The first-order chi connectivity index (χ1) is 25.9. The van der Waals surface area contributed by atoms with Gasteiger partial charge in [-0.25, -0.2) is 4.79 Å². The van der Waals surface area contributed by atoms with Crippen LogP contribution in [0.25, 0.3) is 0 Å². The van der Waals surface area contributed by atoms with Gasteiger partial charge in [0.25, 0.3) is 0 Å². The Labute approximate surface area is 326 Å². The highest BCUT2D eigenvalue weighted by atomic mass is 16.5. The fourth-order valence-corrected chi connectivity index (χ4v) is 6.38. The lowest BCUT2D eigenvalue weighted by atomic mass is 10.0. The van der Waals surface area contributed by atoms with Crippen LogP contribution in [0.4, 0.5) is 0 Å². The number of carbonyl (C=O) groups excluding carboxylic acids is 2. The van der Waals surface area contributed by atoms with E-state index in [1.54, 1.807) is 0 Å². The molecule has 2 atom stereocenters. The van der Waals surface area contributed by atoms with Crippen molar-refractivity contribution >= 4 is 17.8 Å². The van der Waals surface area contributed by atoms with Gasteiger partial charge in [-0.3, -0.25) is 9.59 Å². The molecule has 0 aliphatic heterocycles. The zero-order valence-corrected chi connectivity index (χ0v) is 34.4. The molecule has 0 aromatic carbocycles. The summed E-state index contributed by atoms with van der Waals surface area (Å²) >= 11 is 0. The van der Waals surface area contributed by atoms with Crippen molar-refractivity contribution in [1.82, 2.24) is 5.32 Å². The highest BCUT2D eigenvalue weighted by Crippen LogP contribution is 2.19. The van der Waals surface area contributed by atoms with Crippen LogP contribution < -0.4 is 11.1 Å². The molecule has 7 heteroatoms. The molecular formula is C46H82N2O5. The average molecular weight is 743 g/mol. The number of amides is 1. The molecule has 4 N–H and O–H groups in total. The lowest BCUT2D eigenvalue weighted by Gasteiger charge is -2.18. The molecule has 0 rings (SSSR count). The quantitative estimate of drug-likeness (QED) is 0.0328. The Hall–Kier alpha value is -2.67. The van der Waals surface area contributed by atoms with Crippen molar-refractivity contribution in [2.45, 2.75) is 219 Å². The number of esters is 1. The summed E-state index contributed by atoms with van der Waals surface area (Å²) in [4.78, 5) is 36.4. The van der Waals surface area contributed by atoms with Gasteiger partial charge in [0, 0.05) is 12.8 Å². The lowest BCUT2D eigenvalue weighted by molar-refractivity contribution is -0.150. The van der Waals surface area contributed by atoms with E-state index in [9.17, 15) is 19.5 Å². The maximum Gasteiger partial charge on any atom is 0.326 e. The van der Waals surface area contributed by atoms with E-state index in [2.05, 4.69) is 67.8 Å². The molecule has 53 heavy (non-hydrogen) atoms. The van der Waals surface area contributed by atoms with E-state index < -0.39 is 12.0 Å². The van der Waals surface area contributed by atoms with Crippen molar-refractivity contribution < 1.29 is 24.2 Å². The summed E-state index contributed by atoms with van der Waals surface area (Å²) in [6.07, 6.45) is 48.7. The summed E-state index contributed by atoms with van der Waals surface area (Å²) in [7, 11) is 0. The Morgan fingerprint density at radius 1 is 0.566 bits per heavy atom. The van der Waals surface area contributed by atoms with Crippen LogP contribution in [0.15, 0.2) is 48.6 Å². The Balaban J connectivity index is 4.32. The van der Waals surface area contributed by atoms with Crippen molar-refractivity contribution in [2.75, 3.05) is 6.54 Å². The number of rotatable bonds is 39. The molecule has 0 aromatic rings. The van der Waals surface area contributed by atoms with Crippen LogP contribution in [0.2, 0.25) is 0 Å². The van der Waals surface area contributed by atoms with E-state index in [1.165, 1.54) is 57.8 Å². The van der Waals surface area contributed by atoms with Crippen molar-refractivity contribution in [2.24, 2.45) is 5.73 Å². The number of carboxylic acids is 1. The predicted octanol–water partition coefficient (Wildman–Crippen LogP) is 12.4. The van der Waals surface area contributed by atoms with Gasteiger partial charge >= 0.3 is 11.9 Å². The van der Waals surface area contributed by atoms with Gasteiger partial charge in [-0.15, -0.1) is 0 Å². The van der Waals surface area contributed by atoms with E-state index in [4.69, 9.17) is 10.5 Å². The van der Waals surface area contributed by atoms with Crippen LogP contribution in [0.1, 0.15) is 206 Å². The summed E-state index contributed by atoms with van der Waals surface area (Å²) in [6.45, 7) is 4.83. The molecule has 7 nitrogen and oxygen atoms in total. The third-order valence-corrected chi connectivity index (χ3v) is 9.66. The van der Waals surface area contributed by atoms with Gasteiger partial charge in [0.15, 0.2) is 0 Å². The second-order valence-corrected chi connectivity index (χ2v) is 14.7. The molecule has 0 fully saturated rings. The summed E-state index contributed by atoms with van der Waals surface area (Å²) in [5.41, 5.74) is 5.48. The van der Waals surface area contributed by atoms with Crippen molar-refractivity contribution in [3.63, 3.8) is 0 Å². The molecule has 0 bridgehead atoms. The van der Waals surface area contributed by atoms with Crippen LogP contribution in [0.3, 0.4) is 0 Å². The van der Waals surface area contributed by atoms with Crippen molar-refractivity contribution in [3.8, 4) is 0 Å². The van der Waals surface area contributed by atoms with Gasteiger partial charge in [-0.2, -0.15) is 0 Å². The zero-order valence-electron chi connectivity index (χ0n) is 34.4. The third-order valence-electron chi connectivity index (χ3n) is 9.66. The number of hydrogen-bond donors (Lipinski definition) is 3. The van der Waals surface area contributed by atoms with Crippen LogP contribution in [-0.4, -0.2) is 41.6 Å². The Morgan fingerprint density at radius 3 is 1.57 bits per heavy atom.